The van der Waals surface area contributed by atoms with Crippen LogP contribution < -0.4 is 12.4 Å². The Kier molecular flexibility index (Phi) is 4.63. The average Bonchev–Trinajstić information content (AvgIpc) is 1.95. The van der Waals surface area contributed by atoms with Crippen molar-refractivity contribution in [3.05, 3.63) is 34.9 Å². The number of aryl methyl sites for hydroxylation is 2. The Labute approximate surface area is 93.7 Å². The van der Waals surface area contributed by atoms with E-state index in [2.05, 4.69) is 53.2 Å². The molecule has 1 aromatic carbocycles. The van der Waals surface area contributed by atoms with E-state index in [9.17, 15) is 0 Å². The van der Waals surface area contributed by atoms with Gasteiger partial charge in [-0.15, -0.1) is 0 Å². The number of rotatable bonds is 2. The summed E-state index contributed by atoms with van der Waals surface area (Å²) < 4.78 is 0.992. The third kappa shape index (κ3) is 3.69. The topological polar surface area (TPSA) is 0 Å². The number of hydrogen-bond acceptors (Lipinski definition) is 0. The SMILES string of the molecule is Cc1cccc(C)c1C[N+](C)(C)C.[Cl-]. The molecule has 1 rings (SSSR count). The molecule has 0 bridgehead atoms. The standard InChI is InChI=1S/C12H20N.ClH/c1-10-7-6-8-11(2)12(10)9-13(3,4)5;/h6-8H,9H2,1-5H3;1H/q+1;/p-1. The summed E-state index contributed by atoms with van der Waals surface area (Å²) >= 11 is 0. The Balaban J connectivity index is 0.00000169. The van der Waals surface area contributed by atoms with E-state index >= 15 is 0 Å². The maximum atomic E-state index is 2.23. The first-order valence-corrected chi connectivity index (χ1v) is 4.76. The predicted octanol–water partition coefficient (Wildman–Crippen LogP) is -0.486. The monoisotopic (exact) mass is 213 g/mol. The lowest BCUT2D eigenvalue weighted by atomic mass is 10.0. The van der Waals surface area contributed by atoms with E-state index in [-0.39, 0.29) is 12.4 Å². The first-order valence-electron chi connectivity index (χ1n) is 4.76. The highest BCUT2D eigenvalue weighted by Gasteiger charge is 2.12. The van der Waals surface area contributed by atoms with Gasteiger partial charge in [-0.3, -0.25) is 0 Å². The first kappa shape index (κ1) is 13.5. The Morgan fingerprint density at radius 1 is 1.00 bits per heavy atom. The van der Waals surface area contributed by atoms with Crippen molar-refractivity contribution in [2.45, 2.75) is 20.4 Å². The summed E-state index contributed by atoms with van der Waals surface area (Å²) in [6.07, 6.45) is 0. The first-order chi connectivity index (χ1) is 5.90. The molecule has 0 atom stereocenters. The minimum Gasteiger partial charge on any atom is -1.00 e. The zero-order chi connectivity index (χ0) is 10.1. The molecule has 1 aromatic rings. The third-order valence-corrected chi connectivity index (χ3v) is 2.28. The summed E-state index contributed by atoms with van der Waals surface area (Å²) in [5, 5.41) is 0. The van der Waals surface area contributed by atoms with Crippen molar-refractivity contribution in [3.63, 3.8) is 0 Å². The van der Waals surface area contributed by atoms with Crippen LogP contribution in [0.15, 0.2) is 18.2 Å². The van der Waals surface area contributed by atoms with Crippen molar-refractivity contribution in [3.8, 4) is 0 Å². The van der Waals surface area contributed by atoms with Crippen LogP contribution >= 0.6 is 0 Å². The largest absolute Gasteiger partial charge is 1.00 e. The zero-order valence-corrected chi connectivity index (χ0v) is 10.5. The summed E-state index contributed by atoms with van der Waals surface area (Å²) in [6, 6.07) is 6.51. The van der Waals surface area contributed by atoms with Crippen molar-refractivity contribution < 1.29 is 16.9 Å². The van der Waals surface area contributed by atoms with Gasteiger partial charge in [-0.25, -0.2) is 0 Å². The smallest absolute Gasteiger partial charge is 0.104 e. The minimum atomic E-state index is 0. The van der Waals surface area contributed by atoms with Crippen molar-refractivity contribution >= 4 is 0 Å². The molecule has 2 heteroatoms. The predicted molar refractivity (Wildman–Crippen MR) is 57.7 cm³/mol. The fraction of sp³-hybridized carbons (Fsp3) is 0.500. The van der Waals surface area contributed by atoms with Crippen molar-refractivity contribution in [1.29, 1.82) is 0 Å². The third-order valence-electron chi connectivity index (χ3n) is 2.28. The normalized spacial score (nSPS) is 10.9. The molecule has 0 amide bonds. The van der Waals surface area contributed by atoms with Gasteiger partial charge in [0.15, 0.2) is 0 Å². The fourth-order valence-electron chi connectivity index (χ4n) is 1.57. The molecule has 0 aromatic heterocycles. The summed E-state index contributed by atoms with van der Waals surface area (Å²) in [5.41, 5.74) is 4.32. The summed E-state index contributed by atoms with van der Waals surface area (Å²) in [4.78, 5) is 0. The second kappa shape index (κ2) is 4.81. The van der Waals surface area contributed by atoms with Crippen LogP contribution in [0.1, 0.15) is 16.7 Å². The Morgan fingerprint density at radius 2 is 1.43 bits per heavy atom. The van der Waals surface area contributed by atoms with E-state index in [1.54, 1.807) is 0 Å². The van der Waals surface area contributed by atoms with Crippen molar-refractivity contribution in [2.24, 2.45) is 0 Å². The number of benzene rings is 1. The lowest BCUT2D eigenvalue weighted by Crippen LogP contribution is -3.00. The molecular weight excluding hydrogens is 194 g/mol. The van der Waals surface area contributed by atoms with Crippen molar-refractivity contribution in [1.82, 2.24) is 0 Å². The molecular formula is C12H20ClN. The van der Waals surface area contributed by atoms with Crippen LogP contribution in [0, 0.1) is 13.8 Å². The number of quaternary nitrogens is 1. The molecule has 0 aliphatic carbocycles. The molecule has 14 heavy (non-hydrogen) atoms. The fourth-order valence-corrected chi connectivity index (χ4v) is 1.57. The van der Waals surface area contributed by atoms with Gasteiger partial charge in [0, 0.05) is 5.56 Å². The highest BCUT2D eigenvalue weighted by atomic mass is 35.5. The number of hydrogen-bond donors (Lipinski definition) is 0. The van der Waals surface area contributed by atoms with E-state index in [4.69, 9.17) is 0 Å². The van der Waals surface area contributed by atoms with Gasteiger partial charge in [0.1, 0.15) is 6.54 Å². The molecule has 0 aliphatic rings. The molecule has 0 N–H and O–H groups in total. The lowest BCUT2D eigenvalue weighted by Gasteiger charge is -2.25. The summed E-state index contributed by atoms with van der Waals surface area (Å²) in [5.74, 6) is 0. The lowest BCUT2D eigenvalue weighted by molar-refractivity contribution is -0.884. The van der Waals surface area contributed by atoms with E-state index in [0.717, 1.165) is 11.0 Å². The molecule has 0 saturated carbocycles. The summed E-state index contributed by atoms with van der Waals surface area (Å²) in [6.45, 7) is 5.49. The Bertz CT molecular complexity index is 279. The van der Waals surface area contributed by atoms with Gasteiger partial charge < -0.3 is 16.9 Å². The molecule has 0 heterocycles. The maximum Gasteiger partial charge on any atom is 0.104 e. The molecule has 80 valence electrons. The molecule has 0 spiro atoms. The van der Waals surface area contributed by atoms with E-state index in [1.165, 1.54) is 16.7 Å². The Hall–Kier alpha value is -0.530. The van der Waals surface area contributed by atoms with Gasteiger partial charge in [-0.05, 0) is 25.0 Å². The van der Waals surface area contributed by atoms with Gasteiger partial charge in [-0.2, -0.15) is 0 Å². The van der Waals surface area contributed by atoms with E-state index in [0.29, 0.717) is 0 Å². The molecule has 0 aliphatic heterocycles. The van der Waals surface area contributed by atoms with E-state index in [1.807, 2.05) is 0 Å². The number of halogens is 1. The van der Waals surface area contributed by atoms with Gasteiger partial charge >= 0.3 is 0 Å². The van der Waals surface area contributed by atoms with Crippen LogP contribution in [0.3, 0.4) is 0 Å². The molecule has 1 nitrogen and oxygen atoms in total. The number of nitrogens with zero attached hydrogens (tertiary/aromatic N) is 1. The van der Waals surface area contributed by atoms with Crippen LogP contribution in [-0.4, -0.2) is 25.6 Å². The maximum absolute atomic E-state index is 2.23. The van der Waals surface area contributed by atoms with E-state index < -0.39 is 0 Å². The summed E-state index contributed by atoms with van der Waals surface area (Å²) in [7, 11) is 6.68. The van der Waals surface area contributed by atoms with Gasteiger partial charge in [0.05, 0.1) is 21.1 Å². The molecule has 0 radical (unpaired) electrons. The van der Waals surface area contributed by atoms with Gasteiger partial charge in [0.2, 0.25) is 0 Å². The second-order valence-electron chi connectivity index (χ2n) is 4.82. The van der Waals surface area contributed by atoms with Crippen LogP contribution in [0.4, 0.5) is 0 Å². The van der Waals surface area contributed by atoms with Crippen LogP contribution in [0.5, 0.6) is 0 Å². The highest BCUT2D eigenvalue weighted by molar-refractivity contribution is 5.32. The second-order valence-corrected chi connectivity index (χ2v) is 4.82. The zero-order valence-electron chi connectivity index (χ0n) is 9.76. The molecule has 0 saturated heterocycles. The quantitative estimate of drug-likeness (QED) is 0.582. The average molecular weight is 214 g/mol. The highest BCUT2D eigenvalue weighted by Crippen LogP contribution is 2.16. The van der Waals surface area contributed by atoms with Crippen LogP contribution in [0.2, 0.25) is 0 Å². The van der Waals surface area contributed by atoms with Gasteiger partial charge in [-0.1, -0.05) is 18.2 Å². The van der Waals surface area contributed by atoms with Crippen LogP contribution in [-0.2, 0) is 6.54 Å². The Morgan fingerprint density at radius 3 is 1.79 bits per heavy atom. The van der Waals surface area contributed by atoms with Crippen molar-refractivity contribution in [2.75, 3.05) is 21.1 Å². The minimum absolute atomic E-state index is 0. The van der Waals surface area contributed by atoms with Gasteiger partial charge in [0.25, 0.3) is 0 Å². The molecule has 0 fully saturated rings. The van der Waals surface area contributed by atoms with Crippen LogP contribution in [0.25, 0.3) is 0 Å². The molecule has 0 unspecified atom stereocenters.